The molecule has 0 spiro atoms. The van der Waals surface area contributed by atoms with Gasteiger partial charge in [0.25, 0.3) is 0 Å². The van der Waals surface area contributed by atoms with Crippen LogP contribution >= 0.6 is 0 Å². The molecule has 6 nitrogen and oxygen atoms in total. The molecular formula is C10H11N5O. The highest BCUT2D eigenvalue weighted by Crippen LogP contribution is 2.04. The van der Waals surface area contributed by atoms with Crippen LogP contribution in [0.2, 0.25) is 0 Å². The molecule has 3 N–H and O–H groups in total. The number of para-hydroxylation sites is 1. The van der Waals surface area contributed by atoms with Crippen molar-refractivity contribution in [3.05, 3.63) is 42.2 Å². The SMILES string of the molecule is O=C(NCc1cn[nH]n1)Nc1ccccc1. The summed E-state index contributed by atoms with van der Waals surface area (Å²) in [5.74, 6) is 0. The van der Waals surface area contributed by atoms with Gasteiger partial charge in [0.1, 0.15) is 5.69 Å². The summed E-state index contributed by atoms with van der Waals surface area (Å²) in [6.45, 7) is 0.342. The van der Waals surface area contributed by atoms with E-state index in [-0.39, 0.29) is 6.03 Å². The van der Waals surface area contributed by atoms with Crippen molar-refractivity contribution in [1.82, 2.24) is 20.7 Å². The molecule has 1 heterocycles. The molecule has 2 aromatic rings. The molecule has 0 aliphatic carbocycles. The lowest BCUT2D eigenvalue weighted by Gasteiger charge is -2.05. The van der Waals surface area contributed by atoms with E-state index in [1.165, 1.54) is 0 Å². The van der Waals surface area contributed by atoms with Gasteiger partial charge in [-0.15, -0.1) is 0 Å². The minimum atomic E-state index is -0.269. The highest BCUT2D eigenvalue weighted by Gasteiger charge is 2.01. The fraction of sp³-hybridized carbons (Fsp3) is 0.100. The number of nitrogens with one attached hydrogen (secondary N) is 3. The lowest BCUT2D eigenvalue weighted by Crippen LogP contribution is -2.28. The third-order valence-electron chi connectivity index (χ3n) is 1.93. The van der Waals surface area contributed by atoms with Crippen molar-refractivity contribution in [2.24, 2.45) is 0 Å². The van der Waals surface area contributed by atoms with Crippen LogP contribution in [0, 0.1) is 0 Å². The molecule has 0 saturated heterocycles. The number of aromatic amines is 1. The number of aromatic nitrogens is 3. The molecule has 0 bridgehead atoms. The van der Waals surface area contributed by atoms with Gasteiger partial charge >= 0.3 is 6.03 Å². The van der Waals surface area contributed by atoms with Crippen LogP contribution in [0.5, 0.6) is 0 Å². The summed E-state index contributed by atoms with van der Waals surface area (Å²) < 4.78 is 0. The standard InChI is InChI=1S/C10H11N5O/c16-10(11-6-9-7-12-15-14-9)13-8-4-2-1-3-5-8/h1-5,7H,6H2,(H2,11,13,16)(H,12,14,15). The summed E-state index contributed by atoms with van der Waals surface area (Å²) in [6, 6.07) is 8.96. The Morgan fingerprint density at radius 3 is 2.81 bits per heavy atom. The Kier molecular flexibility index (Phi) is 3.12. The number of hydrogen-bond acceptors (Lipinski definition) is 3. The molecule has 1 aromatic carbocycles. The summed E-state index contributed by atoms with van der Waals surface area (Å²) in [7, 11) is 0. The van der Waals surface area contributed by atoms with E-state index in [9.17, 15) is 4.79 Å². The number of amides is 2. The molecule has 0 fully saturated rings. The third kappa shape index (κ3) is 2.81. The average Bonchev–Trinajstić information content (AvgIpc) is 2.81. The van der Waals surface area contributed by atoms with E-state index in [0.29, 0.717) is 12.2 Å². The molecule has 0 atom stereocenters. The largest absolute Gasteiger partial charge is 0.332 e. The quantitative estimate of drug-likeness (QED) is 0.720. The number of nitrogens with zero attached hydrogens (tertiary/aromatic N) is 2. The van der Waals surface area contributed by atoms with Crippen molar-refractivity contribution >= 4 is 11.7 Å². The number of carbonyl (C=O) groups is 1. The zero-order valence-electron chi connectivity index (χ0n) is 8.47. The van der Waals surface area contributed by atoms with Crippen LogP contribution in [-0.2, 0) is 6.54 Å². The van der Waals surface area contributed by atoms with Crippen molar-refractivity contribution < 1.29 is 4.79 Å². The second kappa shape index (κ2) is 4.92. The van der Waals surface area contributed by atoms with E-state index in [4.69, 9.17) is 0 Å². The molecule has 6 heteroatoms. The zero-order chi connectivity index (χ0) is 11.2. The Balaban J connectivity index is 1.81. The van der Waals surface area contributed by atoms with Gasteiger partial charge in [-0.1, -0.05) is 18.2 Å². The van der Waals surface area contributed by atoms with Gasteiger partial charge in [0, 0.05) is 5.69 Å². The number of H-pyrrole nitrogens is 1. The topological polar surface area (TPSA) is 82.7 Å². The molecule has 0 aliphatic heterocycles. The minimum absolute atomic E-state index is 0.269. The van der Waals surface area contributed by atoms with Crippen LogP contribution in [0.25, 0.3) is 0 Å². The van der Waals surface area contributed by atoms with Gasteiger partial charge in [0.15, 0.2) is 0 Å². The van der Waals surface area contributed by atoms with Gasteiger partial charge < -0.3 is 10.6 Å². The van der Waals surface area contributed by atoms with E-state index in [2.05, 4.69) is 26.0 Å². The normalized spacial score (nSPS) is 9.75. The molecule has 0 saturated carbocycles. The van der Waals surface area contributed by atoms with Crippen LogP contribution in [0.1, 0.15) is 5.69 Å². The van der Waals surface area contributed by atoms with Gasteiger partial charge in [-0.25, -0.2) is 4.79 Å². The Hall–Kier alpha value is -2.37. The smallest absolute Gasteiger partial charge is 0.319 e. The predicted molar refractivity (Wildman–Crippen MR) is 58.7 cm³/mol. The third-order valence-corrected chi connectivity index (χ3v) is 1.93. The van der Waals surface area contributed by atoms with E-state index < -0.39 is 0 Å². The van der Waals surface area contributed by atoms with E-state index >= 15 is 0 Å². The van der Waals surface area contributed by atoms with Gasteiger partial charge in [0.2, 0.25) is 0 Å². The molecule has 82 valence electrons. The fourth-order valence-corrected chi connectivity index (χ4v) is 1.18. The van der Waals surface area contributed by atoms with Crippen molar-refractivity contribution in [3.63, 3.8) is 0 Å². The number of rotatable bonds is 3. The molecule has 0 radical (unpaired) electrons. The maximum absolute atomic E-state index is 11.4. The Morgan fingerprint density at radius 1 is 1.31 bits per heavy atom. The van der Waals surface area contributed by atoms with E-state index in [1.807, 2.05) is 30.3 Å². The summed E-state index contributed by atoms with van der Waals surface area (Å²) in [6.07, 6.45) is 1.56. The second-order valence-corrected chi connectivity index (χ2v) is 3.14. The van der Waals surface area contributed by atoms with Crippen LogP contribution in [0.15, 0.2) is 36.5 Å². The number of carbonyl (C=O) groups excluding carboxylic acids is 1. The predicted octanol–water partition coefficient (Wildman–Crippen LogP) is 1.13. The van der Waals surface area contributed by atoms with Crippen molar-refractivity contribution in [2.75, 3.05) is 5.32 Å². The van der Waals surface area contributed by atoms with Gasteiger partial charge in [-0.05, 0) is 12.1 Å². The summed E-state index contributed by atoms with van der Waals surface area (Å²) in [5, 5.41) is 15.3. The lowest BCUT2D eigenvalue weighted by molar-refractivity contribution is 0.251. The van der Waals surface area contributed by atoms with Crippen LogP contribution in [0.3, 0.4) is 0 Å². The number of hydrogen-bond donors (Lipinski definition) is 3. The summed E-state index contributed by atoms with van der Waals surface area (Å²) in [5.41, 5.74) is 1.43. The van der Waals surface area contributed by atoms with Crippen molar-refractivity contribution in [3.8, 4) is 0 Å². The van der Waals surface area contributed by atoms with Crippen molar-refractivity contribution in [1.29, 1.82) is 0 Å². The Bertz CT molecular complexity index is 439. The van der Waals surface area contributed by atoms with E-state index in [0.717, 1.165) is 5.69 Å². The molecule has 1 aromatic heterocycles. The highest BCUT2D eigenvalue weighted by atomic mass is 16.2. The first-order valence-corrected chi connectivity index (χ1v) is 4.79. The summed E-state index contributed by atoms with van der Waals surface area (Å²) >= 11 is 0. The maximum Gasteiger partial charge on any atom is 0.319 e. The van der Waals surface area contributed by atoms with E-state index in [1.54, 1.807) is 6.20 Å². The molecule has 16 heavy (non-hydrogen) atoms. The van der Waals surface area contributed by atoms with Gasteiger partial charge in [-0.3, -0.25) is 0 Å². The van der Waals surface area contributed by atoms with Crippen molar-refractivity contribution in [2.45, 2.75) is 6.54 Å². The Morgan fingerprint density at radius 2 is 2.12 bits per heavy atom. The van der Waals surface area contributed by atoms with Crippen LogP contribution in [0.4, 0.5) is 10.5 Å². The zero-order valence-corrected chi connectivity index (χ0v) is 8.47. The first-order valence-electron chi connectivity index (χ1n) is 4.79. The minimum Gasteiger partial charge on any atom is -0.332 e. The second-order valence-electron chi connectivity index (χ2n) is 3.14. The molecular weight excluding hydrogens is 206 g/mol. The lowest BCUT2D eigenvalue weighted by atomic mass is 10.3. The number of urea groups is 1. The first-order chi connectivity index (χ1) is 7.84. The number of anilines is 1. The summed E-state index contributed by atoms with van der Waals surface area (Å²) in [4.78, 5) is 11.4. The number of benzene rings is 1. The van der Waals surface area contributed by atoms with Gasteiger partial charge in [-0.2, -0.15) is 15.4 Å². The monoisotopic (exact) mass is 217 g/mol. The van der Waals surface area contributed by atoms with Crippen LogP contribution < -0.4 is 10.6 Å². The molecule has 2 rings (SSSR count). The van der Waals surface area contributed by atoms with Crippen LogP contribution in [-0.4, -0.2) is 21.4 Å². The average molecular weight is 217 g/mol. The maximum atomic E-state index is 11.4. The fourth-order valence-electron chi connectivity index (χ4n) is 1.18. The van der Waals surface area contributed by atoms with Gasteiger partial charge in [0.05, 0.1) is 12.7 Å². The Labute approximate surface area is 92.1 Å². The molecule has 2 amide bonds. The molecule has 0 aliphatic rings. The first kappa shape index (κ1) is 10.2. The molecule has 0 unspecified atom stereocenters. The highest BCUT2D eigenvalue weighted by molar-refractivity contribution is 5.89.